The highest BCUT2D eigenvalue weighted by Gasteiger charge is 2.12. The van der Waals surface area contributed by atoms with Crippen molar-refractivity contribution in [3.8, 4) is 11.5 Å². The van der Waals surface area contributed by atoms with E-state index in [-0.39, 0.29) is 0 Å². The molecule has 2 heterocycles. The Morgan fingerprint density at radius 1 is 1.16 bits per heavy atom. The van der Waals surface area contributed by atoms with Gasteiger partial charge in [0.1, 0.15) is 5.52 Å². The summed E-state index contributed by atoms with van der Waals surface area (Å²) in [5.41, 5.74) is 3.16. The lowest BCUT2D eigenvalue weighted by molar-refractivity contribution is 0.620. The monoisotopic (exact) mass is 453 g/mol. The molecule has 25 heavy (non-hydrogen) atoms. The maximum absolute atomic E-state index is 6.26. The smallest absolute Gasteiger partial charge is 0.228 e. The standard InChI is InChI=1S/C17H10BrCl2N3OS/c18-9-1-3-13(19)12(5-9)16-23-14-6-10(2-4-15(14)24-16)21-7-11-8-22-17(20)25-11/h1-6,8,21H,7H2. The van der Waals surface area contributed by atoms with Crippen LogP contribution >= 0.6 is 50.5 Å². The van der Waals surface area contributed by atoms with Crippen molar-refractivity contribution in [2.75, 3.05) is 5.32 Å². The summed E-state index contributed by atoms with van der Waals surface area (Å²) in [6, 6.07) is 11.4. The van der Waals surface area contributed by atoms with Crippen LogP contribution in [0.4, 0.5) is 5.69 Å². The first-order valence-corrected chi connectivity index (χ1v) is 9.65. The number of aromatic nitrogens is 2. The van der Waals surface area contributed by atoms with Gasteiger partial charge in [-0.1, -0.05) is 39.1 Å². The molecule has 0 fully saturated rings. The van der Waals surface area contributed by atoms with Gasteiger partial charge in [0, 0.05) is 21.2 Å². The molecular formula is C17H10BrCl2N3OS. The molecule has 8 heteroatoms. The first-order chi connectivity index (χ1) is 12.1. The Morgan fingerprint density at radius 2 is 2.04 bits per heavy atom. The van der Waals surface area contributed by atoms with E-state index < -0.39 is 0 Å². The fourth-order valence-corrected chi connectivity index (χ4v) is 3.85. The largest absolute Gasteiger partial charge is 0.436 e. The average Bonchev–Trinajstić information content (AvgIpc) is 3.20. The lowest BCUT2D eigenvalue weighted by atomic mass is 10.2. The molecule has 0 aliphatic rings. The van der Waals surface area contributed by atoms with Crippen LogP contribution in [-0.2, 0) is 6.54 Å². The van der Waals surface area contributed by atoms with Crippen LogP contribution in [0.25, 0.3) is 22.6 Å². The zero-order valence-corrected chi connectivity index (χ0v) is 16.5. The van der Waals surface area contributed by atoms with E-state index in [0.717, 1.165) is 26.1 Å². The third kappa shape index (κ3) is 3.67. The molecule has 0 spiro atoms. The van der Waals surface area contributed by atoms with Crippen molar-refractivity contribution in [3.63, 3.8) is 0 Å². The minimum absolute atomic E-state index is 0.493. The summed E-state index contributed by atoms with van der Waals surface area (Å²) < 4.78 is 7.30. The van der Waals surface area contributed by atoms with Gasteiger partial charge in [0.25, 0.3) is 0 Å². The highest BCUT2D eigenvalue weighted by Crippen LogP contribution is 2.33. The molecule has 0 aliphatic carbocycles. The third-order valence-corrected chi connectivity index (χ3v) is 5.48. The maximum atomic E-state index is 6.26. The van der Waals surface area contributed by atoms with E-state index in [1.165, 1.54) is 11.3 Å². The minimum atomic E-state index is 0.493. The van der Waals surface area contributed by atoms with E-state index in [4.69, 9.17) is 27.6 Å². The molecule has 0 radical (unpaired) electrons. The van der Waals surface area contributed by atoms with Crippen molar-refractivity contribution in [1.82, 2.24) is 9.97 Å². The van der Waals surface area contributed by atoms with E-state index in [2.05, 4.69) is 31.2 Å². The average molecular weight is 455 g/mol. The fourth-order valence-electron chi connectivity index (χ4n) is 2.37. The molecule has 4 aromatic rings. The van der Waals surface area contributed by atoms with Gasteiger partial charge in [0.05, 0.1) is 17.1 Å². The summed E-state index contributed by atoms with van der Waals surface area (Å²) in [6.45, 7) is 0.651. The quantitative estimate of drug-likeness (QED) is 0.375. The lowest BCUT2D eigenvalue weighted by Crippen LogP contribution is -1.96. The number of hydrogen-bond acceptors (Lipinski definition) is 5. The van der Waals surface area contributed by atoms with Gasteiger partial charge in [-0.15, -0.1) is 11.3 Å². The van der Waals surface area contributed by atoms with Crippen LogP contribution in [0.15, 0.2) is 51.5 Å². The van der Waals surface area contributed by atoms with Crippen molar-refractivity contribution < 1.29 is 4.42 Å². The number of anilines is 1. The fraction of sp³-hybridized carbons (Fsp3) is 0.0588. The van der Waals surface area contributed by atoms with Crippen LogP contribution in [0.2, 0.25) is 9.49 Å². The summed E-state index contributed by atoms with van der Waals surface area (Å²) in [7, 11) is 0. The molecule has 0 unspecified atom stereocenters. The molecule has 0 atom stereocenters. The van der Waals surface area contributed by atoms with Gasteiger partial charge in [-0.2, -0.15) is 0 Å². The van der Waals surface area contributed by atoms with Gasteiger partial charge in [-0.25, -0.2) is 9.97 Å². The van der Waals surface area contributed by atoms with Gasteiger partial charge < -0.3 is 9.73 Å². The number of benzene rings is 2. The summed E-state index contributed by atoms with van der Waals surface area (Å²) in [6.07, 6.45) is 1.77. The van der Waals surface area contributed by atoms with Gasteiger partial charge in [0.2, 0.25) is 5.89 Å². The minimum Gasteiger partial charge on any atom is -0.436 e. The molecule has 0 aliphatic heterocycles. The molecule has 0 amide bonds. The Labute approximate surface area is 165 Å². The number of thiazole rings is 1. The van der Waals surface area contributed by atoms with Crippen molar-refractivity contribution in [2.45, 2.75) is 6.54 Å². The Morgan fingerprint density at radius 3 is 2.84 bits per heavy atom. The van der Waals surface area contributed by atoms with E-state index in [1.54, 1.807) is 6.20 Å². The number of halogens is 3. The van der Waals surface area contributed by atoms with Gasteiger partial charge >= 0.3 is 0 Å². The van der Waals surface area contributed by atoms with Crippen LogP contribution in [0.3, 0.4) is 0 Å². The second-order valence-electron chi connectivity index (χ2n) is 5.26. The Balaban J connectivity index is 1.61. The number of hydrogen-bond donors (Lipinski definition) is 1. The Kier molecular flexibility index (Phi) is 4.69. The van der Waals surface area contributed by atoms with Crippen LogP contribution < -0.4 is 5.32 Å². The topological polar surface area (TPSA) is 51.0 Å². The summed E-state index contributed by atoms with van der Waals surface area (Å²) in [4.78, 5) is 9.66. The number of nitrogens with zero attached hydrogens (tertiary/aromatic N) is 2. The first kappa shape index (κ1) is 16.8. The van der Waals surface area contributed by atoms with E-state index in [0.29, 0.717) is 27.5 Å². The van der Waals surface area contributed by atoms with E-state index in [1.807, 2.05) is 36.4 Å². The second-order valence-corrected chi connectivity index (χ2v) is 8.28. The molecule has 2 aromatic heterocycles. The molecule has 0 saturated heterocycles. The zero-order valence-electron chi connectivity index (χ0n) is 12.6. The molecule has 4 nitrogen and oxygen atoms in total. The predicted octanol–water partition coefficient (Wildman–Crippen LogP) is 6.63. The zero-order chi connectivity index (χ0) is 17.4. The molecule has 126 valence electrons. The van der Waals surface area contributed by atoms with Crippen molar-refractivity contribution in [1.29, 1.82) is 0 Å². The third-order valence-electron chi connectivity index (χ3n) is 3.54. The number of nitrogens with one attached hydrogen (secondary N) is 1. The summed E-state index contributed by atoms with van der Waals surface area (Å²) >= 11 is 17.0. The number of rotatable bonds is 4. The Hall–Kier alpha value is -1.60. The summed E-state index contributed by atoms with van der Waals surface area (Å²) in [5.74, 6) is 0.493. The van der Waals surface area contributed by atoms with Crippen LogP contribution in [0, 0.1) is 0 Å². The summed E-state index contributed by atoms with van der Waals surface area (Å²) in [5, 5.41) is 3.93. The van der Waals surface area contributed by atoms with Crippen molar-refractivity contribution in [2.24, 2.45) is 0 Å². The predicted molar refractivity (Wildman–Crippen MR) is 107 cm³/mol. The van der Waals surface area contributed by atoms with E-state index >= 15 is 0 Å². The number of oxazole rings is 1. The number of fused-ring (bicyclic) bond motifs is 1. The van der Waals surface area contributed by atoms with E-state index in [9.17, 15) is 0 Å². The van der Waals surface area contributed by atoms with Crippen LogP contribution in [0.1, 0.15) is 4.88 Å². The molecule has 2 aromatic carbocycles. The normalized spacial score (nSPS) is 11.2. The van der Waals surface area contributed by atoms with Crippen molar-refractivity contribution >= 4 is 67.3 Å². The molecule has 0 bridgehead atoms. The lowest BCUT2D eigenvalue weighted by Gasteiger charge is -2.03. The molecule has 1 N–H and O–H groups in total. The molecule has 4 rings (SSSR count). The first-order valence-electron chi connectivity index (χ1n) is 7.28. The van der Waals surface area contributed by atoms with Crippen molar-refractivity contribution in [3.05, 3.63) is 61.4 Å². The highest BCUT2D eigenvalue weighted by atomic mass is 79.9. The highest BCUT2D eigenvalue weighted by molar-refractivity contribution is 9.10. The SMILES string of the molecule is Clc1ncc(CNc2ccc3oc(-c4cc(Br)ccc4Cl)nc3c2)s1. The second kappa shape index (κ2) is 6.96. The van der Waals surface area contributed by atoms with Crippen LogP contribution in [0.5, 0.6) is 0 Å². The van der Waals surface area contributed by atoms with Gasteiger partial charge in [-0.05, 0) is 36.4 Å². The van der Waals surface area contributed by atoms with Crippen LogP contribution in [-0.4, -0.2) is 9.97 Å². The Bertz CT molecular complexity index is 1060. The molecule has 0 saturated carbocycles. The van der Waals surface area contributed by atoms with Gasteiger partial charge in [-0.3, -0.25) is 0 Å². The molecular weight excluding hydrogens is 445 g/mol. The maximum Gasteiger partial charge on any atom is 0.228 e. The van der Waals surface area contributed by atoms with Gasteiger partial charge in [0.15, 0.2) is 10.0 Å².